The van der Waals surface area contributed by atoms with Gasteiger partial charge in [-0.2, -0.15) is 15.4 Å². The summed E-state index contributed by atoms with van der Waals surface area (Å²) in [6.45, 7) is 0. The van der Waals surface area contributed by atoms with E-state index in [1.165, 1.54) is 16.9 Å². The monoisotopic (exact) mass is 250 g/mol. The predicted octanol–water partition coefficient (Wildman–Crippen LogP) is -0.320. The fourth-order valence-electron chi connectivity index (χ4n) is 1.43. The van der Waals surface area contributed by atoms with Crippen LogP contribution < -0.4 is 0 Å². The van der Waals surface area contributed by atoms with E-state index in [0.717, 1.165) is 6.20 Å². The molecule has 3 aromatic rings. The zero-order valence-electron chi connectivity index (χ0n) is 8.35. The van der Waals surface area contributed by atoms with Crippen LogP contribution in [0, 0.1) is 0 Å². The molecule has 0 amide bonds. The Morgan fingerprint density at radius 2 is 2.18 bits per heavy atom. The maximum Gasteiger partial charge on any atom is 0.232 e. The smallest absolute Gasteiger partial charge is 0.232 e. The molecule has 0 saturated heterocycles. The molecule has 0 aliphatic rings. The highest BCUT2D eigenvalue weighted by Gasteiger charge is 2.25. The number of aromatic amines is 1. The van der Waals surface area contributed by atoms with Gasteiger partial charge in [-0.05, 0) is 6.07 Å². The molecule has 0 unspecified atom stereocenters. The van der Waals surface area contributed by atoms with Crippen LogP contribution >= 0.6 is 0 Å². The molecule has 0 aromatic carbocycles. The third-order valence-electron chi connectivity index (χ3n) is 2.20. The van der Waals surface area contributed by atoms with E-state index in [1.807, 2.05) is 0 Å². The van der Waals surface area contributed by atoms with Gasteiger partial charge >= 0.3 is 0 Å². The first-order chi connectivity index (χ1) is 8.19. The van der Waals surface area contributed by atoms with Gasteiger partial charge in [0, 0.05) is 12.4 Å². The second-order valence-corrected chi connectivity index (χ2v) is 5.07. The summed E-state index contributed by atoms with van der Waals surface area (Å²) in [5, 5.41) is 13.1. The van der Waals surface area contributed by atoms with E-state index in [0.29, 0.717) is 0 Å². The van der Waals surface area contributed by atoms with Crippen molar-refractivity contribution in [3.05, 3.63) is 30.9 Å². The van der Waals surface area contributed by atoms with Gasteiger partial charge in [0.15, 0.2) is 5.65 Å². The Bertz CT molecular complexity index is 760. The molecule has 0 spiro atoms. The third kappa shape index (κ3) is 1.40. The largest absolute Gasteiger partial charge is 0.236 e. The van der Waals surface area contributed by atoms with Crippen molar-refractivity contribution in [2.45, 2.75) is 9.92 Å². The first kappa shape index (κ1) is 9.90. The van der Waals surface area contributed by atoms with Gasteiger partial charge in [0.2, 0.25) is 14.9 Å². The number of aromatic nitrogens is 6. The van der Waals surface area contributed by atoms with Gasteiger partial charge in [0.1, 0.15) is 4.90 Å². The first-order valence-corrected chi connectivity index (χ1v) is 6.07. The topological polar surface area (TPSA) is 106 Å². The van der Waals surface area contributed by atoms with Crippen molar-refractivity contribution >= 4 is 15.5 Å². The molecule has 0 fully saturated rings. The number of rotatable bonds is 2. The Morgan fingerprint density at radius 3 is 2.94 bits per heavy atom. The lowest BCUT2D eigenvalue weighted by Crippen LogP contribution is -2.03. The van der Waals surface area contributed by atoms with Crippen LogP contribution in [0.1, 0.15) is 0 Å². The Kier molecular flexibility index (Phi) is 1.95. The number of fused-ring (bicyclic) bond motifs is 1. The zero-order chi connectivity index (χ0) is 11.9. The van der Waals surface area contributed by atoms with Gasteiger partial charge in [-0.1, -0.05) is 0 Å². The number of hydrogen-bond acceptors (Lipinski definition) is 6. The lowest BCUT2D eigenvalue weighted by Gasteiger charge is -1.96. The van der Waals surface area contributed by atoms with Crippen molar-refractivity contribution < 1.29 is 8.42 Å². The summed E-state index contributed by atoms with van der Waals surface area (Å²) in [4.78, 5) is 3.99. The number of nitrogens with one attached hydrogen (secondary N) is 1. The fourth-order valence-corrected chi connectivity index (χ4v) is 2.58. The van der Waals surface area contributed by atoms with Crippen LogP contribution in [0.4, 0.5) is 0 Å². The third-order valence-corrected chi connectivity index (χ3v) is 3.82. The van der Waals surface area contributed by atoms with E-state index < -0.39 is 9.84 Å². The van der Waals surface area contributed by atoms with Crippen LogP contribution in [0.5, 0.6) is 0 Å². The zero-order valence-corrected chi connectivity index (χ0v) is 9.16. The quantitative estimate of drug-likeness (QED) is 0.668. The lowest BCUT2D eigenvalue weighted by molar-refractivity contribution is 0.592. The minimum absolute atomic E-state index is 0.00648. The highest BCUT2D eigenvalue weighted by molar-refractivity contribution is 7.91. The van der Waals surface area contributed by atoms with E-state index in [4.69, 9.17) is 0 Å². The van der Waals surface area contributed by atoms with Gasteiger partial charge in [0.05, 0.1) is 12.4 Å². The Hall–Kier alpha value is -2.29. The van der Waals surface area contributed by atoms with Crippen molar-refractivity contribution in [2.24, 2.45) is 0 Å². The van der Waals surface area contributed by atoms with E-state index in [2.05, 4.69) is 25.5 Å². The molecule has 0 radical (unpaired) electrons. The van der Waals surface area contributed by atoms with Crippen molar-refractivity contribution in [1.82, 2.24) is 30.0 Å². The summed E-state index contributed by atoms with van der Waals surface area (Å²) in [6.07, 6.45) is 5.50. The van der Waals surface area contributed by atoms with Crippen LogP contribution in [0.15, 0.2) is 40.8 Å². The molecule has 86 valence electrons. The Balaban J connectivity index is 2.30. The molecule has 0 bridgehead atoms. The van der Waals surface area contributed by atoms with E-state index >= 15 is 0 Å². The fraction of sp³-hybridized carbons (Fsp3) is 0. The summed E-state index contributed by atoms with van der Waals surface area (Å²) in [5.41, 5.74) is 0.260. The number of sulfone groups is 1. The van der Waals surface area contributed by atoms with Crippen LogP contribution in [0.25, 0.3) is 5.65 Å². The average molecular weight is 250 g/mol. The summed E-state index contributed by atoms with van der Waals surface area (Å²) < 4.78 is 25.7. The maximum absolute atomic E-state index is 12.2. The standard InChI is InChI=1S/C8H6N6O2S/c15-17(16,7-5-10-13-12-7)6-4-11-14-3-1-2-9-8(6)14/h1-5H,(H,10,12,13). The first-order valence-electron chi connectivity index (χ1n) is 4.59. The number of nitrogens with zero attached hydrogens (tertiary/aromatic N) is 5. The normalized spacial score (nSPS) is 12.0. The molecule has 9 heteroatoms. The Labute approximate surface area is 95.2 Å². The average Bonchev–Trinajstić information content (AvgIpc) is 2.99. The molecule has 1 N–H and O–H groups in total. The van der Waals surface area contributed by atoms with Crippen LogP contribution in [0.2, 0.25) is 0 Å². The van der Waals surface area contributed by atoms with E-state index in [-0.39, 0.29) is 15.6 Å². The molecule has 3 aromatic heterocycles. The van der Waals surface area contributed by atoms with Crippen molar-refractivity contribution in [3.8, 4) is 0 Å². The molecule has 17 heavy (non-hydrogen) atoms. The molecule has 3 heterocycles. The SMILES string of the molecule is O=S(=O)(c1cn[nH]n1)c1cnn2cccnc12. The molecule has 0 aliphatic heterocycles. The highest BCUT2D eigenvalue weighted by atomic mass is 32.2. The second-order valence-electron chi connectivity index (χ2n) is 3.21. The van der Waals surface area contributed by atoms with Crippen LogP contribution in [-0.4, -0.2) is 38.4 Å². The lowest BCUT2D eigenvalue weighted by atomic mass is 10.6. The number of hydrogen-bond donors (Lipinski definition) is 1. The predicted molar refractivity (Wildman–Crippen MR) is 54.8 cm³/mol. The van der Waals surface area contributed by atoms with Crippen LogP contribution in [-0.2, 0) is 9.84 Å². The van der Waals surface area contributed by atoms with Gasteiger partial charge in [-0.3, -0.25) is 0 Å². The minimum Gasteiger partial charge on any atom is -0.236 e. The minimum atomic E-state index is -3.73. The Morgan fingerprint density at radius 1 is 1.29 bits per heavy atom. The van der Waals surface area contributed by atoms with Gasteiger partial charge < -0.3 is 0 Å². The molecular formula is C8H6N6O2S. The van der Waals surface area contributed by atoms with Crippen molar-refractivity contribution in [3.63, 3.8) is 0 Å². The van der Waals surface area contributed by atoms with E-state index in [9.17, 15) is 8.42 Å². The van der Waals surface area contributed by atoms with Gasteiger partial charge in [-0.15, -0.1) is 5.10 Å². The molecule has 0 aliphatic carbocycles. The highest BCUT2D eigenvalue weighted by Crippen LogP contribution is 2.20. The van der Waals surface area contributed by atoms with Crippen molar-refractivity contribution in [1.29, 1.82) is 0 Å². The second kappa shape index (κ2) is 3.35. The van der Waals surface area contributed by atoms with Gasteiger partial charge in [0.25, 0.3) is 0 Å². The molecule has 8 nitrogen and oxygen atoms in total. The molecule has 3 rings (SSSR count). The summed E-state index contributed by atoms with van der Waals surface area (Å²) in [7, 11) is -3.73. The molecular weight excluding hydrogens is 244 g/mol. The van der Waals surface area contributed by atoms with Gasteiger partial charge in [-0.25, -0.2) is 17.9 Å². The van der Waals surface area contributed by atoms with Crippen LogP contribution in [0.3, 0.4) is 0 Å². The van der Waals surface area contributed by atoms with E-state index in [1.54, 1.807) is 12.3 Å². The summed E-state index contributed by atoms with van der Waals surface area (Å²) in [6, 6.07) is 1.66. The molecule has 0 atom stereocenters. The number of H-pyrrole nitrogens is 1. The van der Waals surface area contributed by atoms with Crippen molar-refractivity contribution in [2.75, 3.05) is 0 Å². The molecule has 0 saturated carbocycles. The summed E-state index contributed by atoms with van der Waals surface area (Å²) in [5.74, 6) is 0. The summed E-state index contributed by atoms with van der Waals surface area (Å²) >= 11 is 0. The maximum atomic E-state index is 12.2.